The monoisotopic (exact) mass is 257 g/mol. The fraction of sp³-hybridized carbons (Fsp3) is 0.154. The average Bonchev–Trinajstić information content (AvgIpc) is 2.88. The van der Waals surface area contributed by atoms with E-state index in [0.29, 0.717) is 17.0 Å². The average molecular weight is 257 g/mol. The number of nitriles is 1. The number of para-hydroxylation sites is 1. The van der Waals surface area contributed by atoms with Gasteiger partial charge >= 0.3 is 0 Å². The van der Waals surface area contributed by atoms with E-state index >= 15 is 0 Å². The number of carbonyl (C=O) groups is 1. The van der Waals surface area contributed by atoms with Gasteiger partial charge in [0, 0.05) is 13.2 Å². The summed E-state index contributed by atoms with van der Waals surface area (Å²) in [7, 11) is 1.52. The molecule has 0 aliphatic carbocycles. The van der Waals surface area contributed by atoms with Crippen LogP contribution < -0.4 is 5.32 Å². The highest BCUT2D eigenvalue weighted by Gasteiger charge is 2.14. The Kier molecular flexibility index (Phi) is 3.90. The number of ether oxygens (including phenoxy) is 1. The van der Waals surface area contributed by atoms with Crippen molar-refractivity contribution in [3.8, 4) is 6.07 Å². The van der Waals surface area contributed by atoms with Crippen LogP contribution in [0.4, 0.5) is 5.69 Å². The number of hydrogen-bond donors (Lipinski definition) is 1. The first kappa shape index (κ1) is 12.8. The zero-order chi connectivity index (χ0) is 13.7. The molecular formula is C13H11N3O3. The third-order valence-corrected chi connectivity index (χ3v) is 2.37. The first-order chi connectivity index (χ1) is 9.24. The van der Waals surface area contributed by atoms with Gasteiger partial charge < -0.3 is 14.6 Å². The van der Waals surface area contributed by atoms with Crippen molar-refractivity contribution in [3.63, 3.8) is 0 Å². The van der Waals surface area contributed by atoms with E-state index in [0.717, 1.165) is 0 Å². The molecular weight excluding hydrogens is 246 g/mol. The van der Waals surface area contributed by atoms with E-state index in [-0.39, 0.29) is 12.3 Å². The van der Waals surface area contributed by atoms with Crippen molar-refractivity contribution in [1.29, 1.82) is 5.26 Å². The largest absolute Gasteiger partial charge is 0.377 e. The number of amides is 1. The highest BCUT2D eigenvalue weighted by Crippen LogP contribution is 2.15. The third kappa shape index (κ3) is 2.97. The van der Waals surface area contributed by atoms with Crippen LogP contribution in [0.1, 0.15) is 21.8 Å². The molecule has 0 aliphatic rings. The fourth-order valence-corrected chi connectivity index (χ4v) is 1.51. The first-order valence-corrected chi connectivity index (χ1v) is 5.49. The molecule has 2 rings (SSSR count). The quantitative estimate of drug-likeness (QED) is 0.904. The van der Waals surface area contributed by atoms with Gasteiger partial charge in [-0.2, -0.15) is 5.26 Å². The smallest absolute Gasteiger partial charge is 0.277 e. The van der Waals surface area contributed by atoms with Gasteiger partial charge in [-0.1, -0.05) is 17.3 Å². The molecule has 1 heterocycles. The standard InChI is InChI=1S/C13H11N3O3/c1-18-8-10-6-12(16-19-10)13(17)15-11-5-3-2-4-9(11)7-14/h2-6H,8H2,1H3,(H,15,17). The summed E-state index contributed by atoms with van der Waals surface area (Å²) in [6.07, 6.45) is 0. The maximum absolute atomic E-state index is 11.9. The molecule has 0 unspecified atom stereocenters. The minimum absolute atomic E-state index is 0.139. The molecule has 6 heteroatoms. The molecule has 0 radical (unpaired) electrons. The van der Waals surface area contributed by atoms with Crippen LogP contribution in [0.2, 0.25) is 0 Å². The molecule has 2 aromatic rings. The molecule has 1 amide bonds. The van der Waals surface area contributed by atoms with Crippen LogP contribution in [0.3, 0.4) is 0 Å². The van der Waals surface area contributed by atoms with Gasteiger partial charge in [-0.15, -0.1) is 0 Å². The minimum atomic E-state index is -0.436. The third-order valence-electron chi connectivity index (χ3n) is 2.37. The molecule has 0 saturated heterocycles. The van der Waals surface area contributed by atoms with E-state index in [4.69, 9.17) is 14.5 Å². The summed E-state index contributed by atoms with van der Waals surface area (Å²) in [5.41, 5.74) is 0.961. The molecule has 0 aliphatic heterocycles. The van der Waals surface area contributed by atoms with Gasteiger partial charge in [0.2, 0.25) is 0 Å². The molecule has 0 atom stereocenters. The Morgan fingerprint density at radius 3 is 3.05 bits per heavy atom. The Morgan fingerprint density at radius 1 is 1.53 bits per heavy atom. The number of rotatable bonds is 4. The number of benzene rings is 1. The summed E-state index contributed by atoms with van der Waals surface area (Å²) in [6, 6.07) is 10.2. The zero-order valence-corrected chi connectivity index (χ0v) is 10.2. The van der Waals surface area contributed by atoms with Crippen LogP contribution in [0.15, 0.2) is 34.9 Å². The van der Waals surface area contributed by atoms with Crippen LogP contribution in [-0.2, 0) is 11.3 Å². The first-order valence-electron chi connectivity index (χ1n) is 5.49. The van der Waals surface area contributed by atoms with Crippen LogP contribution in [0.5, 0.6) is 0 Å². The van der Waals surface area contributed by atoms with Crippen molar-refractivity contribution in [2.45, 2.75) is 6.61 Å². The van der Waals surface area contributed by atoms with Crippen LogP contribution in [0.25, 0.3) is 0 Å². The van der Waals surface area contributed by atoms with Crippen LogP contribution in [-0.4, -0.2) is 18.2 Å². The minimum Gasteiger partial charge on any atom is -0.377 e. The van der Waals surface area contributed by atoms with E-state index in [1.54, 1.807) is 24.3 Å². The van der Waals surface area contributed by atoms with Crippen LogP contribution >= 0.6 is 0 Å². The van der Waals surface area contributed by atoms with Gasteiger partial charge in [0.25, 0.3) is 5.91 Å². The van der Waals surface area contributed by atoms with Gasteiger partial charge in [-0.25, -0.2) is 0 Å². The zero-order valence-electron chi connectivity index (χ0n) is 10.2. The normalized spacial score (nSPS) is 9.89. The number of aromatic nitrogens is 1. The molecule has 0 saturated carbocycles. The Hall–Kier alpha value is -2.65. The van der Waals surface area contributed by atoms with E-state index in [1.807, 2.05) is 6.07 Å². The van der Waals surface area contributed by atoms with Crippen molar-refractivity contribution in [3.05, 3.63) is 47.3 Å². The highest BCUT2D eigenvalue weighted by atomic mass is 16.5. The molecule has 1 aromatic carbocycles. The van der Waals surface area contributed by atoms with Crippen molar-refractivity contribution < 1.29 is 14.1 Å². The van der Waals surface area contributed by atoms with Crippen molar-refractivity contribution in [2.75, 3.05) is 12.4 Å². The lowest BCUT2D eigenvalue weighted by Gasteiger charge is -2.03. The molecule has 19 heavy (non-hydrogen) atoms. The molecule has 6 nitrogen and oxygen atoms in total. The highest BCUT2D eigenvalue weighted by molar-refractivity contribution is 6.03. The summed E-state index contributed by atoms with van der Waals surface area (Å²) in [5.74, 6) is 0.0232. The summed E-state index contributed by atoms with van der Waals surface area (Å²) >= 11 is 0. The lowest BCUT2D eigenvalue weighted by molar-refractivity contribution is 0.101. The van der Waals surface area contributed by atoms with E-state index in [1.165, 1.54) is 13.2 Å². The molecule has 0 spiro atoms. The van der Waals surface area contributed by atoms with Gasteiger partial charge in [0.05, 0.1) is 11.3 Å². The number of hydrogen-bond acceptors (Lipinski definition) is 5. The van der Waals surface area contributed by atoms with E-state index in [9.17, 15) is 4.79 Å². The maximum Gasteiger partial charge on any atom is 0.277 e. The molecule has 1 aromatic heterocycles. The Morgan fingerprint density at radius 2 is 2.32 bits per heavy atom. The SMILES string of the molecule is COCc1cc(C(=O)Nc2ccccc2C#N)no1. The second-order valence-electron chi connectivity index (χ2n) is 3.72. The van der Waals surface area contributed by atoms with Gasteiger partial charge in [-0.05, 0) is 12.1 Å². The molecule has 96 valence electrons. The second-order valence-corrected chi connectivity index (χ2v) is 3.72. The van der Waals surface area contributed by atoms with E-state index in [2.05, 4.69) is 10.5 Å². The number of methoxy groups -OCH3 is 1. The second kappa shape index (κ2) is 5.80. The molecule has 0 fully saturated rings. The maximum atomic E-state index is 11.9. The number of nitrogens with one attached hydrogen (secondary N) is 1. The number of carbonyl (C=O) groups excluding carboxylic acids is 1. The Balaban J connectivity index is 2.14. The van der Waals surface area contributed by atoms with Crippen molar-refractivity contribution in [1.82, 2.24) is 5.16 Å². The van der Waals surface area contributed by atoms with Crippen molar-refractivity contribution in [2.24, 2.45) is 0 Å². The fourth-order valence-electron chi connectivity index (χ4n) is 1.51. The molecule has 1 N–H and O–H groups in total. The lowest BCUT2D eigenvalue weighted by Crippen LogP contribution is -2.13. The Labute approximate surface area is 109 Å². The summed E-state index contributed by atoms with van der Waals surface area (Å²) in [5, 5.41) is 15.2. The number of nitrogens with zero attached hydrogens (tertiary/aromatic N) is 2. The van der Waals surface area contributed by atoms with Gasteiger partial charge in [0.1, 0.15) is 12.7 Å². The van der Waals surface area contributed by atoms with E-state index < -0.39 is 5.91 Å². The lowest BCUT2D eigenvalue weighted by atomic mass is 10.2. The number of anilines is 1. The summed E-state index contributed by atoms with van der Waals surface area (Å²) in [4.78, 5) is 11.9. The Bertz CT molecular complexity index is 628. The predicted molar refractivity (Wildman–Crippen MR) is 66.3 cm³/mol. The van der Waals surface area contributed by atoms with Crippen LogP contribution in [0, 0.1) is 11.3 Å². The predicted octanol–water partition coefficient (Wildman–Crippen LogP) is 1.94. The van der Waals surface area contributed by atoms with Gasteiger partial charge in [-0.3, -0.25) is 4.79 Å². The van der Waals surface area contributed by atoms with Crippen molar-refractivity contribution >= 4 is 11.6 Å². The summed E-state index contributed by atoms with van der Waals surface area (Å²) < 4.78 is 9.79. The summed E-state index contributed by atoms with van der Waals surface area (Å²) in [6.45, 7) is 0.245. The van der Waals surface area contributed by atoms with Gasteiger partial charge in [0.15, 0.2) is 11.5 Å². The topological polar surface area (TPSA) is 88.1 Å². The molecule has 0 bridgehead atoms.